The third-order valence-corrected chi connectivity index (χ3v) is 3.06. The number of aliphatic hydroxyl groups is 2. The monoisotopic (exact) mass is 285 g/mol. The maximum absolute atomic E-state index is 10.8. The van der Waals surface area contributed by atoms with Gasteiger partial charge in [-0.2, -0.15) is 0 Å². The van der Waals surface area contributed by atoms with Gasteiger partial charge in [0, 0.05) is 17.6 Å². The Hall–Kier alpha value is -1.70. The van der Waals surface area contributed by atoms with E-state index in [4.69, 9.17) is 11.6 Å². The van der Waals surface area contributed by atoms with Crippen molar-refractivity contribution >= 4 is 28.3 Å². The molecule has 0 bridgehead atoms. The zero-order valence-corrected chi connectivity index (χ0v) is 10.5. The molecule has 2 aromatic rings. The number of nitrogens with zero attached hydrogens (tertiary/aromatic N) is 2. The quantitative estimate of drug-likeness (QED) is 0.438. The Morgan fingerprint density at radius 3 is 2.89 bits per heavy atom. The highest BCUT2D eigenvalue weighted by Crippen LogP contribution is 2.27. The van der Waals surface area contributed by atoms with Gasteiger partial charge in [-0.15, -0.1) is 11.6 Å². The summed E-state index contributed by atoms with van der Waals surface area (Å²) >= 11 is 5.49. The molecule has 8 heteroatoms. The van der Waals surface area contributed by atoms with Crippen molar-refractivity contribution in [3.05, 3.63) is 34.1 Å². The standard InChI is InChI=1S/C11H12ClN3O4/c12-2-1-9(16)10(17)6-3-7-8(15(18)19)5-14-11(7)13-4-6/h3-5,9-10,16-17H,1-2H2,(H,13,14). The molecule has 2 unspecified atom stereocenters. The smallest absolute Gasteiger partial charge is 0.296 e. The molecule has 2 heterocycles. The molecule has 2 rings (SSSR count). The predicted octanol–water partition coefficient (Wildman–Crippen LogP) is 1.49. The summed E-state index contributed by atoms with van der Waals surface area (Å²) in [5.74, 6) is 0.207. The first-order valence-electron chi connectivity index (χ1n) is 5.58. The predicted molar refractivity (Wildman–Crippen MR) is 69.1 cm³/mol. The van der Waals surface area contributed by atoms with Crippen LogP contribution >= 0.6 is 11.6 Å². The van der Waals surface area contributed by atoms with Crippen LogP contribution in [0.5, 0.6) is 0 Å². The molecule has 0 saturated carbocycles. The molecule has 7 nitrogen and oxygen atoms in total. The molecule has 19 heavy (non-hydrogen) atoms. The van der Waals surface area contributed by atoms with Crippen LogP contribution in [-0.2, 0) is 0 Å². The third kappa shape index (κ3) is 2.67. The number of nitro groups is 1. The van der Waals surface area contributed by atoms with E-state index in [1.54, 1.807) is 0 Å². The minimum atomic E-state index is -1.18. The normalized spacial score (nSPS) is 14.5. The van der Waals surface area contributed by atoms with E-state index in [0.717, 1.165) is 0 Å². The van der Waals surface area contributed by atoms with Gasteiger partial charge in [0.2, 0.25) is 0 Å². The lowest BCUT2D eigenvalue weighted by atomic mass is 10.0. The van der Waals surface area contributed by atoms with Crippen LogP contribution in [0, 0.1) is 10.1 Å². The van der Waals surface area contributed by atoms with Gasteiger partial charge in [0.1, 0.15) is 11.8 Å². The van der Waals surface area contributed by atoms with Crippen molar-refractivity contribution in [1.29, 1.82) is 0 Å². The molecular formula is C11H12ClN3O4. The lowest BCUT2D eigenvalue weighted by Gasteiger charge is -2.16. The minimum absolute atomic E-state index is 0.122. The van der Waals surface area contributed by atoms with Crippen molar-refractivity contribution in [2.45, 2.75) is 18.6 Å². The number of aliphatic hydroxyl groups excluding tert-OH is 2. The number of rotatable bonds is 5. The van der Waals surface area contributed by atoms with Gasteiger partial charge in [0.05, 0.1) is 22.6 Å². The van der Waals surface area contributed by atoms with Gasteiger partial charge < -0.3 is 15.2 Å². The average molecular weight is 286 g/mol. The van der Waals surface area contributed by atoms with Crippen LogP contribution in [-0.4, -0.2) is 37.1 Å². The zero-order chi connectivity index (χ0) is 14.0. The van der Waals surface area contributed by atoms with E-state index >= 15 is 0 Å². The summed E-state index contributed by atoms with van der Waals surface area (Å²) in [5.41, 5.74) is 0.547. The molecule has 0 fully saturated rings. The van der Waals surface area contributed by atoms with Crippen molar-refractivity contribution in [2.24, 2.45) is 0 Å². The van der Waals surface area contributed by atoms with Gasteiger partial charge in [-0.1, -0.05) is 0 Å². The van der Waals surface area contributed by atoms with Crippen molar-refractivity contribution in [3.63, 3.8) is 0 Å². The summed E-state index contributed by atoms with van der Waals surface area (Å²) in [5, 5.41) is 30.7. The summed E-state index contributed by atoms with van der Waals surface area (Å²) in [6.07, 6.45) is 0.615. The van der Waals surface area contributed by atoms with Crippen molar-refractivity contribution in [3.8, 4) is 0 Å². The average Bonchev–Trinajstić information content (AvgIpc) is 2.80. The Balaban J connectivity index is 2.39. The van der Waals surface area contributed by atoms with E-state index < -0.39 is 17.1 Å². The molecule has 0 aliphatic rings. The molecule has 3 N–H and O–H groups in total. The Kier molecular flexibility index (Phi) is 3.98. The topological polar surface area (TPSA) is 112 Å². The molecule has 102 valence electrons. The number of pyridine rings is 1. The summed E-state index contributed by atoms with van der Waals surface area (Å²) < 4.78 is 0. The molecule has 0 amide bonds. The second-order valence-electron chi connectivity index (χ2n) is 4.09. The first kappa shape index (κ1) is 13.7. The lowest BCUT2D eigenvalue weighted by molar-refractivity contribution is -0.383. The van der Waals surface area contributed by atoms with Crippen LogP contribution < -0.4 is 0 Å². The van der Waals surface area contributed by atoms with E-state index in [1.165, 1.54) is 18.5 Å². The Labute approximate surface area is 113 Å². The van der Waals surface area contributed by atoms with Gasteiger partial charge in [0.25, 0.3) is 5.69 Å². The molecule has 0 radical (unpaired) electrons. The number of hydrogen-bond donors (Lipinski definition) is 3. The molecule has 2 aromatic heterocycles. The minimum Gasteiger partial charge on any atom is -0.390 e. The van der Waals surface area contributed by atoms with Crippen LogP contribution in [0.2, 0.25) is 0 Å². The highest BCUT2D eigenvalue weighted by molar-refractivity contribution is 6.17. The fourth-order valence-electron chi connectivity index (χ4n) is 1.81. The second-order valence-corrected chi connectivity index (χ2v) is 4.46. The van der Waals surface area contributed by atoms with Crippen molar-refractivity contribution in [2.75, 3.05) is 5.88 Å². The zero-order valence-electron chi connectivity index (χ0n) is 9.78. The molecule has 2 atom stereocenters. The van der Waals surface area contributed by atoms with Gasteiger partial charge in [-0.25, -0.2) is 4.98 Å². The number of fused-ring (bicyclic) bond motifs is 1. The summed E-state index contributed by atoms with van der Waals surface area (Å²) in [4.78, 5) is 16.9. The molecule has 0 aromatic carbocycles. The largest absolute Gasteiger partial charge is 0.390 e. The van der Waals surface area contributed by atoms with Crippen LogP contribution in [0.1, 0.15) is 18.1 Å². The third-order valence-electron chi connectivity index (χ3n) is 2.84. The lowest BCUT2D eigenvalue weighted by Crippen LogP contribution is -2.18. The molecule has 0 aliphatic carbocycles. The summed E-state index contributed by atoms with van der Waals surface area (Å²) in [6, 6.07) is 1.44. The number of halogens is 1. The first-order chi connectivity index (χ1) is 9.04. The Bertz CT molecular complexity index is 601. The fraction of sp³-hybridized carbons (Fsp3) is 0.364. The van der Waals surface area contributed by atoms with Crippen molar-refractivity contribution < 1.29 is 15.1 Å². The van der Waals surface area contributed by atoms with Crippen LogP contribution in [0.15, 0.2) is 18.5 Å². The number of hydrogen-bond acceptors (Lipinski definition) is 5. The van der Waals surface area contributed by atoms with Crippen LogP contribution in [0.25, 0.3) is 11.0 Å². The highest BCUT2D eigenvalue weighted by atomic mass is 35.5. The van der Waals surface area contributed by atoms with Gasteiger partial charge in [-0.3, -0.25) is 10.1 Å². The Morgan fingerprint density at radius 1 is 1.53 bits per heavy atom. The van der Waals surface area contributed by atoms with Crippen LogP contribution in [0.3, 0.4) is 0 Å². The fourth-order valence-corrected chi connectivity index (χ4v) is 2.03. The van der Waals surface area contributed by atoms with Crippen LogP contribution in [0.4, 0.5) is 5.69 Å². The maximum atomic E-state index is 10.8. The van der Waals surface area contributed by atoms with E-state index in [2.05, 4.69) is 9.97 Å². The van der Waals surface area contributed by atoms with Gasteiger partial charge in [0.15, 0.2) is 0 Å². The first-order valence-corrected chi connectivity index (χ1v) is 6.11. The number of aromatic nitrogens is 2. The number of alkyl halides is 1. The van der Waals surface area contributed by atoms with E-state index in [0.29, 0.717) is 16.6 Å². The summed E-state index contributed by atoms with van der Waals surface area (Å²) in [6.45, 7) is 0. The molecule has 0 spiro atoms. The second kappa shape index (κ2) is 5.52. The van der Waals surface area contributed by atoms with E-state index in [9.17, 15) is 20.3 Å². The van der Waals surface area contributed by atoms with E-state index in [1.807, 2.05) is 0 Å². The van der Waals surface area contributed by atoms with Gasteiger partial charge >= 0.3 is 0 Å². The SMILES string of the molecule is O=[N+]([O-])c1c[nH]c2ncc(C(O)C(O)CCCl)cc12. The van der Waals surface area contributed by atoms with Gasteiger partial charge in [-0.05, 0) is 12.5 Å². The molecular weight excluding hydrogens is 274 g/mol. The molecule has 0 aliphatic heterocycles. The Morgan fingerprint density at radius 2 is 2.26 bits per heavy atom. The highest BCUT2D eigenvalue weighted by Gasteiger charge is 2.21. The number of aromatic amines is 1. The number of nitrogens with one attached hydrogen (secondary N) is 1. The summed E-state index contributed by atoms with van der Waals surface area (Å²) in [7, 11) is 0. The maximum Gasteiger partial charge on any atom is 0.296 e. The molecule has 0 saturated heterocycles. The number of H-pyrrole nitrogens is 1. The van der Waals surface area contributed by atoms with E-state index in [-0.39, 0.29) is 18.0 Å². The van der Waals surface area contributed by atoms with Crippen molar-refractivity contribution in [1.82, 2.24) is 9.97 Å².